The molecule has 0 radical (unpaired) electrons. The van der Waals surface area contributed by atoms with E-state index in [9.17, 15) is 13.2 Å². The number of nitrogens with one attached hydrogen (secondary N) is 2. The fraction of sp³-hybridized carbons (Fsp3) is 0.174. The van der Waals surface area contributed by atoms with Gasteiger partial charge in [-0.25, -0.2) is 13.2 Å². The number of methoxy groups -OCH3 is 2. The van der Waals surface area contributed by atoms with Crippen molar-refractivity contribution >= 4 is 33.1 Å². The zero-order chi connectivity index (χ0) is 22.7. The Bertz CT molecular complexity index is 1220. The first-order valence-corrected chi connectivity index (χ1v) is 11.4. The van der Waals surface area contributed by atoms with E-state index in [4.69, 9.17) is 9.47 Å². The molecule has 1 aliphatic heterocycles. The molecule has 2 N–H and O–H groups in total. The van der Waals surface area contributed by atoms with Gasteiger partial charge in [-0.2, -0.15) is 0 Å². The summed E-state index contributed by atoms with van der Waals surface area (Å²) in [4.78, 5) is 12.8. The average molecular weight is 454 g/mol. The van der Waals surface area contributed by atoms with E-state index in [0.29, 0.717) is 41.5 Å². The molecule has 0 unspecified atom stereocenters. The van der Waals surface area contributed by atoms with Gasteiger partial charge >= 0.3 is 6.03 Å². The Morgan fingerprint density at radius 1 is 0.875 bits per heavy atom. The Morgan fingerprint density at radius 3 is 2.19 bits per heavy atom. The molecule has 1 heterocycles. The number of hydrogen-bond acceptors (Lipinski definition) is 5. The molecule has 3 aromatic rings. The van der Waals surface area contributed by atoms with Gasteiger partial charge in [-0.05, 0) is 36.2 Å². The van der Waals surface area contributed by atoms with Crippen LogP contribution in [0.3, 0.4) is 0 Å². The Balaban J connectivity index is 1.54. The summed E-state index contributed by atoms with van der Waals surface area (Å²) >= 11 is 0. The normalized spacial score (nSPS) is 12.8. The number of sulfonamides is 1. The number of ether oxygens (including phenoxy) is 2. The molecule has 2 amide bonds. The lowest BCUT2D eigenvalue weighted by atomic mass is 10.1. The zero-order valence-corrected chi connectivity index (χ0v) is 18.5. The van der Waals surface area contributed by atoms with E-state index in [1.54, 1.807) is 60.7 Å². The number of carbonyl (C=O) groups is 1. The van der Waals surface area contributed by atoms with Crippen LogP contribution in [-0.4, -0.2) is 35.2 Å². The van der Waals surface area contributed by atoms with Gasteiger partial charge in [-0.1, -0.05) is 24.3 Å². The number of benzene rings is 3. The van der Waals surface area contributed by atoms with Gasteiger partial charge in [-0.15, -0.1) is 0 Å². The summed E-state index contributed by atoms with van der Waals surface area (Å²) in [6.45, 7) is 0.353. The molecule has 0 saturated carbocycles. The van der Waals surface area contributed by atoms with Crippen molar-refractivity contribution in [2.75, 3.05) is 35.7 Å². The molecule has 0 aliphatic carbocycles. The molecule has 3 aromatic carbocycles. The Labute approximate surface area is 186 Å². The lowest BCUT2D eigenvalue weighted by molar-refractivity contribution is 0.262. The van der Waals surface area contributed by atoms with Crippen molar-refractivity contribution in [1.82, 2.24) is 0 Å². The molecule has 1 aliphatic rings. The lowest BCUT2D eigenvalue weighted by Crippen LogP contribution is -2.29. The van der Waals surface area contributed by atoms with Gasteiger partial charge in [0.2, 0.25) is 0 Å². The molecule has 9 heteroatoms. The van der Waals surface area contributed by atoms with Gasteiger partial charge in [0.15, 0.2) is 0 Å². The summed E-state index contributed by atoms with van der Waals surface area (Å²) in [5.74, 6) is 1.08. The van der Waals surface area contributed by atoms with Gasteiger partial charge in [0.1, 0.15) is 11.5 Å². The number of hydrogen-bond donors (Lipinski definition) is 2. The third-order valence-electron chi connectivity index (χ3n) is 5.14. The van der Waals surface area contributed by atoms with Gasteiger partial charge in [-0.3, -0.25) is 4.31 Å². The number of rotatable bonds is 6. The second-order valence-corrected chi connectivity index (χ2v) is 9.03. The number of urea groups is 1. The molecule has 0 bridgehead atoms. The summed E-state index contributed by atoms with van der Waals surface area (Å²) in [5.41, 5.74) is 2.45. The van der Waals surface area contributed by atoms with Crippen molar-refractivity contribution in [3.05, 3.63) is 72.3 Å². The van der Waals surface area contributed by atoms with E-state index in [2.05, 4.69) is 10.6 Å². The molecular weight excluding hydrogens is 430 g/mol. The predicted molar refractivity (Wildman–Crippen MR) is 123 cm³/mol. The summed E-state index contributed by atoms with van der Waals surface area (Å²) in [6, 6.07) is 18.1. The third kappa shape index (κ3) is 4.33. The molecule has 0 fully saturated rings. The lowest BCUT2D eigenvalue weighted by Gasteiger charge is -2.20. The quantitative estimate of drug-likeness (QED) is 0.586. The topological polar surface area (TPSA) is 97.0 Å². The number of anilines is 3. The van der Waals surface area contributed by atoms with E-state index in [-0.39, 0.29) is 4.90 Å². The second kappa shape index (κ2) is 8.80. The second-order valence-electron chi connectivity index (χ2n) is 7.16. The Morgan fingerprint density at radius 2 is 1.53 bits per heavy atom. The molecule has 0 aromatic heterocycles. The molecule has 0 spiro atoms. The first-order chi connectivity index (χ1) is 15.4. The van der Waals surface area contributed by atoms with Gasteiger partial charge in [0.25, 0.3) is 10.0 Å². The van der Waals surface area contributed by atoms with E-state index >= 15 is 0 Å². The van der Waals surface area contributed by atoms with Crippen LogP contribution in [0.2, 0.25) is 0 Å². The fourth-order valence-corrected chi connectivity index (χ4v) is 5.09. The summed E-state index contributed by atoms with van der Waals surface area (Å²) in [5, 5.41) is 5.49. The maximum absolute atomic E-state index is 13.1. The first-order valence-electron chi connectivity index (χ1n) is 9.92. The van der Waals surface area contributed by atoms with Crippen LogP contribution in [0.25, 0.3) is 0 Å². The van der Waals surface area contributed by atoms with Gasteiger partial charge in [0.05, 0.1) is 24.8 Å². The van der Waals surface area contributed by atoms with Crippen LogP contribution in [-0.2, 0) is 16.4 Å². The average Bonchev–Trinajstić information content (AvgIpc) is 3.23. The largest absolute Gasteiger partial charge is 0.497 e. The highest BCUT2D eigenvalue weighted by molar-refractivity contribution is 7.92. The number of amides is 2. The monoisotopic (exact) mass is 453 g/mol. The molecule has 0 saturated heterocycles. The zero-order valence-electron chi connectivity index (χ0n) is 17.7. The van der Waals surface area contributed by atoms with Crippen LogP contribution in [0.1, 0.15) is 5.56 Å². The van der Waals surface area contributed by atoms with Crippen LogP contribution in [0, 0.1) is 0 Å². The molecule has 8 nitrogen and oxygen atoms in total. The van der Waals surface area contributed by atoms with Crippen molar-refractivity contribution in [2.24, 2.45) is 0 Å². The molecule has 0 atom stereocenters. The molecule has 32 heavy (non-hydrogen) atoms. The highest BCUT2D eigenvalue weighted by Crippen LogP contribution is 2.35. The van der Waals surface area contributed by atoms with Crippen LogP contribution < -0.4 is 24.4 Å². The first kappa shape index (κ1) is 21.5. The van der Waals surface area contributed by atoms with Crippen LogP contribution in [0.5, 0.6) is 11.5 Å². The summed E-state index contributed by atoms with van der Waals surface area (Å²) in [7, 11) is -0.632. The highest BCUT2D eigenvalue weighted by Gasteiger charge is 2.31. The smallest absolute Gasteiger partial charge is 0.323 e. The summed E-state index contributed by atoms with van der Waals surface area (Å²) in [6.07, 6.45) is 0.609. The van der Waals surface area contributed by atoms with Crippen LogP contribution in [0.15, 0.2) is 71.6 Å². The van der Waals surface area contributed by atoms with Crippen molar-refractivity contribution < 1.29 is 22.7 Å². The third-order valence-corrected chi connectivity index (χ3v) is 6.96. The Kier molecular flexibility index (Phi) is 5.91. The van der Waals surface area contributed by atoms with Crippen molar-refractivity contribution in [2.45, 2.75) is 11.3 Å². The van der Waals surface area contributed by atoms with Crippen molar-refractivity contribution in [3.63, 3.8) is 0 Å². The SMILES string of the molecule is COc1cc(NC(=O)Nc2ccc3c(c2)N(S(=O)(=O)c2ccccc2)CC3)cc(OC)c1. The minimum Gasteiger partial charge on any atom is -0.497 e. The predicted octanol–water partition coefficient (Wildman–Crippen LogP) is 4.10. The van der Waals surface area contributed by atoms with Crippen LogP contribution in [0.4, 0.5) is 21.9 Å². The van der Waals surface area contributed by atoms with E-state index < -0.39 is 16.1 Å². The van der Waals surface area contributed by atoms with E-state index in [1.165, 1.54) is 18.5 Å². The van der Waals surface area contributed by atoms with Crippen molar-refractivity contribution in [3.8, 4) is 11.5 Å². The standard InChI is InChI=1S/C23H23N3O5S/c1-30-19-12-18(13-20(15-19)31-2)25-23(27)24-17-9-8-16-10-11-26(22(16)14-17)32(28,29)21-6-4-3-5-7-21/h3-9,12-15H,10-11H2,1-2H3,(H2,24,25,27). The maximum atomic E-state index is 13.1. The fourth-order valence-electron chi connectivity index (χ4n) is 3.57. The van der Waals surface area contributed by atoms with Crippen molar-refractivity contribution in [1.29, 1.82) is 0 Å². The number of nitrogens with zero attached hydrogens (tertiary/aromatic N) is 1. The maximum Gasteiger partial charge on any atom is 0.323 e. The minimum atomic E-state index is -3.68. The number of fused-ring (bicyclic) bond motifs is 1. The van der Waals surface area contributed by atoms with Crippen LogP contribution >= 0.6 is 0 Å². The summed E-state index contributed by atoms with van der Waals surface area (Å²) < 4.78 is 38.0. The van der Waals surface area contributed by atoms with E-state index in [0.717, 1.165) is 5.56 Å². The van der Waals surface area contributed by atoms with Gasteiger partial charge in [0, 0.05) is 36.1 Å². The van der Waals surface area contributed by atoms with E-state index in [1.807, 2.05) is 6.07 Å². The molecule has 4 rings (SSSR count). The Hall–Kier alpha value is -3.72. The minimum absolute atomic E-state index is 0.232. The molecule has 166 valence electrons. The molecular formula is C23H23N3O5S. The van der Waals surface area contributed by atoms with Gasteiger partial charge < -0.3 is 20.1 Å². The highest BCUT2D eigenvalue weighted by atomic mass is 32.2. The number of carbonyl (C=O) groups excluding carboxylic acids is 1.